The summed E-state index contributed by atoms with van der Waals surface area (Å²) < 4.78 is 27.7. The van der Waals surface area contributed by atoms with E-state index in [0.717, 1.165) is 90.4 Å². The number of benzene rings is 1. The topological polar surface area (TPSA) is 62.1 Å². The number of rotatable bonds is 3. The van der Waals surface area contributed by atoms with Gasteiger partial charge in [0.25, 0.3) is 0 Å². The Labute approximate surface area is 185 Å². The molecular formula is C25H25FN4O2. The van der Waals surface area contributed by atoms with E-state index in [-0.39, 0.29) is 18.0 Å². The molecule has 0 amide bonds. The maximum Gasteiger partial charge on any atom is 0.150 e. The molecule has 0 aliphatic carbocycles. The van der Waals surface area contributed by atoms with Gasteiger partial charge >= 0.3 is 0 Å². The maximum atomic E-state index is 14.2. The fourth-order valence-electron chi connectivity index (χ4n) is 5.05. The average molecular weight is 432 g/mol. The number of halogens is 1. The van der Waals surface area contributed by atoms with Gasteiger partial charge in [0.05, 0.1) is 23.6 Å². The van der Waals surface area contributed by atoms with E-state index >= 15 is 0 Å². The lowest BCUT2D eigenvalue weighted by Crippen LogP contribution is -2.19. The van der Waals surface area contributed by atoms with E-state index in [1.165, 1.54) is 6.20 Å². The third kappa shape index (κ3) is 3.45. The Hall–Kier alpha value is -2.90. The van der Waals surface area contributed by atoms with E-state index in [2.05, 4.69) is 22.2 Å². The first kappa shape index (κ1) is 19.8. The minimum Gasteiger partial charge on any atom is -0.381 e. The summed E-state index contributed by atoms with van der Waals surface area (Å²) in [6.45, 7) is 2.21. The van der Waals surface area contributed by atoms with E-state index < -0.39 is 0 Å². The van der Waals surface area contributed by atoms with Gasteiger partial charge in [0, 0.05) is 60.0 Å². The fraction of sp³-hybridized carbons (Fsp3) is 0.400. The van der Waals surface area contributed by atoms with Crippen molar-refractivity contribution in [1.29, 1.82) is 0 Å². The van der Waals surface area contributed by atoms with E-state index in [1.807, 2.05) is 17.1 Å². The average Bonchev–Trinajstić information content (AvgIpc) is 3.26. The van der Waals surface area contributed by atoms with Crippen LogP contribution in [0.2, 0.25) is 0 Å². The van der Waals surface area contributed by atoms with Crippen molar-refractivity contribution in [1.82, 2.24) is 19.7 Å². The maximum absolute atomic E-state index is 14.2. The Morgan fingerprint density at radius 2 is 1.81 bits per heavy atom. The molecule has 164 valence electrons. The van der Waals surface area contributed by atoms with Gasteiger partial charge in [-0.3, -0.25) is 9.97 Å². The molecular weight excluding hydrogens is 407 g/mol. The van der Waals surface area contributed by atoms with Crippen molar-refractivity contribution in [3.05, 3.63) is 54.5 Å². The minimum atomic E-state index is -0.347. The number of pyridine rings is 2. The van der Waals surface area contributed by atoms with Crippen LogP contribution in [0.15, 0.2) is 43.0 Å². The molecule has 0 N–H and O–H groups in total. The van der Waals surface area contributed by atoms with Gasteiger partial charge in [-0.2, -0.15) is 5.10 Å². The van der Waals surface area contributed by atoms with E-state index in [9.17, 15) is 4.39 Å². The van der Waals surface area contributed by atoms with Crippen LogP contribution < -0.4 is 0 Å². The van der Waals surface area contributed by atoms with Crippen LogP contribution in [-0.4, -0.2) is 39.6 Å². The van der Waals surface area contributed by atoms with Gasteiger partial charge in [0.2, 0.25) is 0 Å². The first-order valence-electron chi connectivity index (χ1n) is 11.4. The summed E-state index contributed by atoms with van der Waals surface area (Å²) in [5.74, 6) is -0.0683. The molecule has 6 nitrogen and oxygen atoms in total. The zero-order valence-corrected chi connectivity index (χ0v) is 17.8. The van der Waals surface area contributed by atoms with Crippen molar-refractivity contribution in [2.45, 2.75) is 44.2 Å². The first-order valence-corrected chi connectivity index (χ1v) is 11.4. The van der Waals surface area contributed by atoms with E-state index in [0.29, 0.717) is 0 Å². The lowest BCUT2D eigenvalue weighted by atomic mass is 9.88. The minimum absolute atomic E-state index is 0.0277. The van der Waals surface area contributed by atoms with Gasteiger partial charge in [-0.15, -0.1) is 0 Å². The van der Waals surface area contributed by atoms with Gasteiger partial charge in [-0.05, 0) is 55.7 Å². The molecule has 3 aromatic heterocycles. The summed E-state index contributed by atoms with van der Waals surface area (Å²) in [6.07, 6.45) is 11.8. The van der Waals surface area contributed by atoms with E-state index in [4.69, 9.17) is 14.5 Å². The smallest absolute Gasteiger partial charge is 0.150 e. The second-order valence-corrected chi connectivity index (χ2v) is 8.71. The third-order valence-electron chi connectivity index (χ3n) is 6.67. The summed E-state index contributed by atoms with van der Waals surface area (Å²) in [7, 11) is 0. The van der Waals surface area contributed by atoms with Gasteiger partial charge < -0.3 is 9.47 Å². The summed E-state index contributed by atoms with van der Waals surface area (Å²) in [5, 5.41) is 7.75. The Balaban J connectivity index is 1.56. The van der Waals surface area contributed by atoms with Gasteiger partial charge in [0.1, 0.15) is 5.82 Å². The van der Waals surface area contributed by atoms with Crippen molar-refractivity contribution < 1.29 is 13.9 Å². The lowest BCUT2D eigenvalue weighted by Gasteiger charge is -2.25. The molecule has 5 heterocycles. The number of aromatic nitrogens is 4. The number of fused-ring (bicyclic) bond motifs is 2. The highest BCUT2D eigenvalue weighted by Crippen LogP contribution is 2.39. The number of nitrogens with zero attached hydrogens (tertiary/aromatic N) is 4. The molecule has 1 atom stereocenters. The molecule has 1 unspecified atom stereocenters. The molecule has 2 aliphatic rings. The molecule has 0 radical (unpaired) electrons. The second kappa shape index (κ2) is 8.22. The van der Waals surface area contributed by atoms with Crippen LogP contribution >= 0.6 is 0 Å². The van der Waals surface area contributed by atoms with Gasteiger partial charge in [-0.25, -0.2) is 9.07 Å². The Morgan fingerprint density at radius 1 is 0.906 bits per heavy atom. The monoisotopic (exact) mass is 432 g/mol. The molecule has 4 aromatic rings. The molecule has 6 rings (SSSR count). The summed E-state index contributed by atoms with van der Waals surface area (Å²) in [4.78, 5) is 9.02. The third-order valence-corrected chi connectivity index (χ3v) is 6.67. The Morgan fingerprint density at radius 3 is 2.62 bits per heavy atom. The molecule has 0 saturated carbocycles. The molecule has 2 aliphatic heterocycles. The molecule has 7 heteroatoms. The second-order valence-electron chi connectivity index (χ2n) is 8.71. The van der Waals surface area contributed by atoms with Gasteiger partial charge in [0.15, 0.2) is 6.23 Å². The zero-order valence-electron chi connectivity index (χ0n) is 17.8. The number of ether oxygens (including phenoxy) is 2. The lowest BCUT2D eigenvalue weighted by molar-refractivity contribution is -0.0366. The number of hydrogen-bond donors (Lipinski definition) is 0. The normalized spacial score (nSPS) is 20.2. The summed E-state index contributed by atoms with van der Waals surface area (Å²) >= 11 is 0. The highest BCUT2D eigenvalue weighted by atomic mass is 19.1. The first-order chi connectivity index (χ1) is 15.8. The van der Waals surface area contributed by atoms with Gasteiger partial charge in [-0.1, -0.05) is 0 Å². The molecule has 1 aromatic carbocycles. The highest BCUT2D eigenvalue weighted by Gasteiger charge is 2.24. The molecule has 0 spiro atoms. The van der Waals surface area contributed by atoms with E-state index in [1.54, 1.807) is 12.3 Å². The van der Waals surface area contributed by atoms with Crippen LogP contribution in [0.25, 0.3) is 32.8 Å². The SMILES string of the molecule is Fc1cncc(-c2c(C3CCOCC3)ncc3cc4c(cnn4C4CCCCO4)cc23)c1. The van der Waals surface area contributed by atoms with Crippen molar-refractivity contribution in [3.8, 4) is 11.1 Å². The highest BCUT2D eigenvalue weighted by molar-refractivity contribution is 6.04. The molecule has 32 heavy (non-hydrogen) atoms. The zero-order chi connectivity index (χ0) is 21.5. The van der Waals surface area contributed by atoms with Crippen LogP contribution in [0.3, 0.4) is 0 Å². The van der Waals surface area contributed by atoms with Crippen LogP contribution in [-0.2, 0) is 9.47 Å². The largest absolute Gasteiger partial charge is 0.381 e. The van der Waals surface area contributed by atoms with Crippen molar-refractivity contribution in [2.24, 2.45) is 0 Å². The van der Waals surface area contributed by atoms with Crippen LogP contribution in [0.4, 0.5) is 4.39 Å². The van der Waals surface area contributed by atoms with Crippen molar-refractivity contribution in [2.75, 3.05) is 19.8 Å². The summed E-state index contributed by atoms with van der Waals surface area (Å²) in [6, 6.07) is 5.84. The fourth-order valence-corrected chi connectivity index (χ4v) is 5.05. The van der Waals surface area contributed by atoms with Crippen LogP contribution in [0.1, 0.15) is 49.9 Å². The molecule has 2 saturated heterocycles. The van der Waals surface area contributed by atoms with Crippen molar-refractivity contribution >= 4 is 21.7 Å². The standard InChI is InChI=1S/C25H25FN4O2/c26-20-9-19(12-27-15-20)24-21-10-18-14-29-30(23-3-1-2-6-32-23)22(18)11-17(21)13-28-25(24)16-4-7-31-8-5-16/h9-16,23H,1-8H2. The molecule has 0 bridgehead atoms. The Kier molecular flexibility index (Phi) is 5.08. The number of hydrogen-bond acceptors (Lipinski definition) is 5. The quantitative estimate of drug-likeness (QED) is 0.435. The predicted octanol–water partition coefficient (Wildman–Crippen LogP) is 5.38. The van der Waals surface area contributed by atoms with Crippen LogP contribution in [0.5, 0.6) is 0 Å². The Bertz CT molecular complexity index is 1280. The van der Waals surface area contributed by atoms with Crippen molar-refractivity contribution in [3.63, 3.8) is 0 Å². The van der Waals surface area contributed by atoms with Crippen LogP contribution in [0, 0.1) is 5.82 Å². The predicted molar refractivity (Wildman–Crippen MR) is 120 cm³/mol. The summed E-state index contributed by atoms with van der Waals surface area (Å²) in [5.41, 5.74) is 3.75. The molecule has 2 fully saturated rings.